The Hall–Kier alpha value is -2.89. The topological polar surface area (TPSA) is 89.1 Å². The SMILES string of the molecule is NC(=NCc1ccc(O)cc1)Nc1ccc2c(c1)OCCCO2. The van der Waals surface area contributed by atoms with E-state index in [0.29, 0.717) is 31.5 Å². The molecule has 3 rings (SSSR count). The van der Waals surface area contributed by atoms with Gasteiger partial charge >= 0.3 is 0 Å². The van der Waals surface area contributed by atoms with Crippen LogP contribution in [-0.4, -0.2) is 24.3 Å². The van der Waals surface area contributed by atoms with Crippen LogP contribution >= 0.6 is 0 Å². The number of ether oxygens (including phenoxy) is 2. The molecule has 0 bridgehead atoms. The molecule has 0 amide bonds. The number of phenols is 1. The van der Waals surface area contributed by atoms with Crippen molar-refractivity contribution in [2.45, 2.75) is 13.0 Å². The maximum Gasteiger partial charge on any atom is 0.193 e. The summed E-state index contributed by atoms with van der Waals surface area (Å²) in [4.78, 5) is 4.28. The first-order valence-corrected chi connectivity index (χ1v) is 7.45. The quantitative estimate of drug-likeness (QED) is 0.598. The van der Waals surface area contributed by atoms with Crippen LogP contribution in [0.5, 0.6) is 17.2 Å². The van der Waals surface area contributed by atoms with E-state index in [0.717, 1.165) is 23.4 Å². The van der Waals surface area contributed by atoms with Gasteiger partial charge in [0.15, 0.2) is 17.5 Å². The molecule has 0 fully saturated rings. The zero-order valence-electron chi connectivity index (χ0n) is 12.7. The third-order valence-electron chi connectivity index (χ3n) is 3.39. The fourth-order valence-corrected chi connectivity index (χ4v) is 2.21. The van der Waals surface area contributed by atoms with Crippen molar-refractivity contribution in [1.29, 1.82) is 0 Å². The number of nitrogens with one attached hydrogen (secondary N) is 1. The Balaban J connectivity index is 1.65. The average molecular weight is 313 g/mol. The summed E-state index contributed by atoms with van der Waals surface area (Å²) in [5.74, 6) is 2.00. The van der Waals surface area contributed by atoms with E-state index in [1.807, 2.05) is 18.2 Å². The van der Waals surface area contributed by atoms with Crippen LogP contribution in [0.25, 0.3) is 0 Å². The molecule has 6 heteroatoms. The lowest BCUT2D eigenvalue weighted by Gasteiger charge is -2.10. The van der Waals surface area contributed by atoms with Crippen molar-refractivity contribution < 1.29 is 14.6 Å². The van der Waals surface area contributed by atoms with Crippen molar-refractivity contribution in [2.75, 3.05) is 18.5 Å². The second-order valence-corrected chi connectivity index (χ2v) is 5.20. The summed E-state index contributed by atoms with van der Waals surface area (Å²) in [5, 5.41) is 12.3. The Bertz CT molecular complexity index is 699. The minimum Gasteiger partial charge on any atom is -0.508 e. The van der Waals surface area contributed by atoms with Gasteiger partial charge < -0.3 is 25.6 Å². The molecule has 0 saturated carbocycles. The molecule has 120 valence electrons. The molecule has 0 saturated heterocycles. The molecule has 0 spiro atoms. The highest BCUT2D eigenvalue weighted by atomic mass is 16.5. The van der Waals surface area contributed by atoms with Gasteiger partial charge in [0.05, 0.1) is 19.8 Å². The molecule has 2 aromatic rings. The Labute approximate surface area is 134 Å². The summed E-state index contributed by atoms with van der Waals surface area (Å²) in [5.41, 5.74) is 7.66. The number of rotatable bonds is 3. The van der Waals surface area contributed by atoms with Gasteiger partial charge in [-0.25, -0.2) is 4.99 Å². The summed E-state index contributed by atoms with van der Waals surface area (Å²) < 4.78 is 11.2. The Morgan fingerprint density at radius 1 is 1.09 bits per heavy atom. The number of benzene rings is 2. The van der Waals surface area contributed by atoms with Crippen molar-refractivity contribution >= 4 is 11.6 Å². The zero-order chi connectivity index (χ0) is 16.1. The van der Waals surface area contributed by atoms with Crippen molar-refractivity contribution in [3.8, 4) is 17.2 Å². The number of guanidine groups is 1. The number of hydrogen-bond donors (Lipinski definition) is 3. The first-order valence-electron chi connectivity index (χ1n) is 7.45. The standard InChI is InChI=1S/C17H19N3O3/c18-17(19-11-12-2-5-14(21)6-3-12)20-13-4-7-15-16(10-13)23-9-1-8-22-15/h2-7,10,21H,1,8-9,11H2,(H3,18,19,20). The van der Waals surface area contributed by atoms with Gasteiger partial charge in [0.25, 0.3) is 0 Å². The second-order valence-electron chi connectivity index (χ2n) is 5.20. The van der Waals surface area contributed by atoms with Gasteiger partial charge in [-0.1, -0.05) is 12.1 Å². The van der Waals surface area contributed by atoms with Gasteiger partial charge in [0.2, 0.25) is 0 Å². The van der Waals surface area contributed by atoms with Crippen LogP contribution in [0, 0.1) is 0 Å². The molecule has 6 nitrogen and oxygen atoms in total. The second kappa shape index (κ2) is 6.91. The van der Waals surface area contributed by atoms with Crippen molar-refractivity contribution in [2.24, 2.45) is 10.7 Å². The molecule has 0 aliphatic carbocycles. The van der Waals surface area contributed by atoms with Gasteiger partial charge in [-0.15, -0.1) is 0 Å². The molecule has 0 unspecified atom stereocenters. The van der Waals surface area contributed by atoms with Crippen LogP contribution in [0.1, 0.15) is 12.0 Å². The maximum absolute atomic E-state index is 9.25. The smallest absolute Gasteiger partial charge is 0.193 e. The number of aliphatic imine (C=N–C) groups is 1. The van der Waals surface area contributed by atoms with Gasteiger partial charge in [-0.2, -0.15) is 0 Å². The predicted octanol–water partition coefficient (Wildman–Crippen LogP) is 2.48. The molecule has 0 atom stereocenters. The molecule has 1 aliphatic heterocycles. The lowest BCUT2D eigenvalue weighted by molar-refractivity contribution is 0.297. The fourth-order valence-electron chi connectivity index (χ4n) is 2.21. The maximum atomic E-state index is 9.25. The van der Waals surface area contributed by atoms with Crippen molar-refractivity contribution in [3.05, 3.63) is 48.0 Å². The van der Waals surface area contributed by atoms with E-state index in [9.17, 15) is 5.11 Å². The Kier molecular flexibility index (Phi) is 4.52. The fraction of sp³-hybridized carbons (Fsp3) is 0.235. The molecule has 0 radical (unpaired) electrons. The van der Waals surface area contributed by atoms with Crippen LogP contribution in [0.4, 0.5) is 5.69 Å². The number of aromatic hydroxyl groups is 1. The average Bonchev–Trinajstić information content (AvgIpc) is 2.79. The van der Waals surface area contributed by atoms with E-state index in [-0.39, 0.29) is 5.75 Å². The number of nitrogens with two attached hydrogens (primary N) is 1. The van der Waals surface area contributed by atoms with Crippen LogP contribution in [0.2, 0.25) is 0 Å². The Morgan fingerprint density at radius 2 is 1.83 bits per heavy atom. The molecular formula is C17H19N3O3. The van der Waals surface area contributed by atoms with E-state index in [1.165, 1.54) is 0 Å². The summed E-state index contributed by atoms with van der Waals surface area (Å²) >= 11 is 0. The Morgan fingerprint density at radius 3 is 2.61 bits per heavy atom. The van der Waals surface area contributed by atoms with E-state index in [1.54, 1.807) is 24.3 Å². The number of hydrogen-bond acceptors (Lipinski definition) is 4. The van der Waals surface area contributed by atoms with E-state index < -0.39 is 0 Å². The summed E-state index contributed by atoms with van der Waals surface area (Å²) in [7, 11) is 0. The molecule has 1 heterocycles. The van der Waals surface area contributed by atoms with Gasteiger partial charge in [-0.3, -0.25) is 0 Å². The van der Waals surface area contributed by atoms with Crippen LogP contribution < -0.4 is 20.5 Å². The zero-order valence-corrected chi connectivity index (χ0v) is 12.7. The number of fused-ring (bicyclic) bond motifs is 1. The molecule has 2 aromatic carbocycles. The number of anilines is 1. The third-order valence-corrected chi connectivity index (χ3v) is 3.39. The van der Waals surface area contributed by atoms with Crippen molar-refractivity contribution in [1.82, 2.24) is 0 Å². The summed E-state index contributed by atoms with van der Waals surface area (Å²) in [6.07, 6.45) is 0.869. The van der Waals surface area contributed by atoms with Crippen molar-refractivity contribution in [3.63, 3.8) is 0 Å². The molecule has 4 N–H and O–H groups in total. The molecular weight excluding hydrogens is 294 g/mol. The first kappa shape index (κ1) is 15.0. The highest BCUT2D eigenvalue weighted by molar-refractivity contribution is 5.92. The van der Waals surface area contributed by atoms with Crippen LogP contribution in [0.3, 0.4) is 0 Å². The largest absolute Gasteiger partial charge is 0.508 e. The molecule has 23 heavy (non-hydrogen) atoms. The lowest BCUT2D eigenvalue weighted by Crippen LogP contribution is -2.22. The van der Waals surface area contributed by atoms with E-state index in [2.05, 4.69) is 10.3 Å². The van der Waals surface area contributed by atoms with Gasteiger partial charge in [0, 0.05) is 18.2 Å². The lowest BCUT2D eigenvalue weighted by atomic mass is 10.2. The van der Waals surface area contributed by atoms with E-state index >= 15 is 0 Å². The minimum atomic E-state index is 0.232. The molecule has 1 aliphatic rings. The monoisotopic (exact) mass is 313 g/mol. The van der Waals surface area contributed by atoms with Crippen LogP contribution in [-0.2, 0) is 6.54 Å². The van der Waals surface area contributed by atoms with E-state index in [4.69, 9.17) is 15.2 Å². The third kappa shape index (κ3) is 4.06. The highest BCUT2D eigenvalue weighted by Gasteiger charge is 2.10. The predicted molar refractivity (Wildman–Crippen MR) is 89.1 cm³/mol. The number of nitrogens with zero attached hydrogens (tertiary/aromatic N) is 1. The van der Waals surface area contributed by atoms with Gasteiger partial charge in [0.1, 0.15) is 5.75 Å². The number of phenolic OH excluding ortho intramolecular Hbond substituents is 1. The minimum absolute atomic E-state index is 0.232. The summed E-state index contributed by atoms with van der Waals surface area (Å²) in [6.45, 7) is 1.74. The normalized spacial score (nSPS) is 14.2. The van der Waals surface area contributed by atoms with Crippen LogP contribution in [0.15, 0.2) is 47.5 Å². The highest BCUT2D eigenvalue weighted by Crippen LogP contribution is 2.32. The van der Waals surface area contributed by atoms with Gasteiger partial charge in [-0.05, 0) is 29.8 Å². The first-order chi connectivity index (χ1) is 11.2. The summed E-state index contributed by atoms with van der Waals surface area (Å²) in [6, 6.07) is 12.4. The molecule has 0 aromatic heterocycles.